The second-order valence-corrected chi connectivity index (χ2v) is 4.20. The first-order valence-electron chi connectivity index (χ1n) is 6.40. The molecule has 0 spiro atoms. The number of esters is 1. The summed E-state index contributed by atoms with van der Waals surface area (Å²) in [5.41, 5.74) is 0. The van der Waals surface area contributed by atoms with E-state index < -0.39 is 0 Å². The zero-order chi connectivity index (χ0) is 12.5. The van der Waals surface area contributed by atoms with Crippen molar-refractivity contribution in [2.45, 2.75) is 45.1 Å². The van der Waals surface area contributed by atoms with E-state index in [1.54, 1.807) is 6.92 Å². The van der Waals surface area contributed by atoms with Gasteiger partial charge in [-0.25, -0.2) is 0 Å². The van der Waals surface area contributed by atoms with E-state index in [0.717, 1.165) is 25.8 Å². The highest BCUT2D eigenvalue weighted by atomic mass is 16.5. The van der Waals surface area contributed by atoms with Crippen LogP contribution in [0.4, 0.5) is 0 Å². The van der Waals surface area contributed by atoms with Crippen molar-refractivity contribution in [1.82, 2.24) is 10.6 Å². The van der Waals surface area contributed by atoms with Gasteiger partial charge in [-0.3, -0.25) is 9.59 Å². The quantitative estimate of drug-likeness (QED) is 0.528. The molecule has 2 N–H and O–H groups in total. The molecule has 98 valence electrons. The van der Waals surface area contributed by atoms with Gasteiger partial charge in [0, 0.05) is 13.0 Å². The van der Waals surface area contributed by atoms with Crippen molar-refractivity contribution in [2.75, 3.05) is 19.7 Å². The number of rotatable bonds is 6. The smallest absolute Gasteiger partial charge is 0.305 e. The first-order valence-corrected chi connectivity index (χ1v) is 6.40. The van der Waals surface area contributed by atoms with Crippen LogP contribution < -0.4 is 10.6 Å². The van der Waals surface area contributed by atoms with Gasteiger partial charge < -0.3 is 15.4 Å². The average Bonchev–Trinajstić information content (AvgIpc) is 2.36. The van der Waals surface area contributed by atoms with Gasteiger partial charge >= 0.3 is 5.97 Å². The third-order valence-electron chi connectivity index (χ3n) is 2.79. The van der Waals surface area contributed by atoms with Crippen molar-refractivity contribution in [2.24, 2.45) is 0 Å². The molecule has 1 atom stereocenters. The zero-order valence-electron chi connectivity index (χ0n) is 10.5. The first-order chi connectivity index (χ1) is 8.24. The SMILES string of the molecule is CCOC(=O)CCCNC(=O)[C@@H]1CCCCN1. The van der Waals surface area contributed by atoms with Gasteiger partial charge in [-0.1, -0.05) is 6.42 Å². The molecule has 1 heterocycles. The van der Waals surface area contributed by atoms with Crippen LogP contribution in [0, 0.1) is 0 Å². The molecule has 17 heavy (non-hydrogen) atoms. The highest BCUT2D eigenvalue weighted by molar-refractivity contribution is 5.81. The van der Waals surface area contributed by atoms with Crippen LogP contribution in [0.15, 0.2) is 0 Å². The predicted molar refractivity (Wildman–Crippen MR) is 64.5 cm³/mol. The Morgan fingerprint density at radius 2 is 2.24 bits per heavy atom. The first kappa shape index (κ1) is 14.0. The Labute approximate surface area is 102 Å². The summed E-state index contributed by atoms with van der Waals surface area (Å²) in [5, 5.41) is 6.03. The molecule has 0 aromatic heterocycles. The molecule has 0 unspecified atom stereocenters. The highest BCUT2D eigenvalue weighted by Crippen LogP contribution is 2.06. The molecule has 5 heteroatoms. The van der Waals surface area contributed by atoms with Crippen LogP contribution in [0.2, 0.25) is 0 Å². The Kier molecular flexibility index (Phi) is 6.62. The Morgan fingerprint density at radius 3 is 2.88 bits per heavy atom. The maximum atomic E-state index is 11.7. The van der Waals surface area contributed by atoms with Crippen molar-refractivity contribution in [1.29, 1.82) is 0 Å². The molecule has 0 aromatic rings. The Balaban J connectivity index is 2.05. The number of piperidine rings is 1. The van der Waals surface area contributed by atoms with Crippen molar-refractivity contribution in [3.05, 3.63) is 0 Å². The summed E-state index contributed by atoms with van der Waals surface area (Å²) in [6, 6.07) is -0.0497. The van der Waals surface area contributed by atoms with Gasteiger partial charge in [0.05, 0.1) is 12.6 Å². The third kappa shape index (κ3) is 5.68. The van der Waals surface area contributed by atoms with Crippen LogP contribution in [-0.4, -0.2) is 37.6 Å². The Morgan fingerprint density at radius 1 is 1.41 bits per heavy atom. The standard InChI is InChI=1S/C12H22N2O3/c1-2-17-11(15)7-5-9-14-12(16)10-6-3-4-8-13-10/h10,13H,2-9H2,1H3,(H,14,16)/t10-/m0/s1. The highest BCUT2D eigenvalue weighted by Gasteiger charge is 2.19. The lowest BCUT2D eigenvalue weighted by Crippen LogP contribution is -2.46. The molecule has 1 fully saturated rings. The molecule has 0 aliphatic carbocycles. The van der Waals surface area contributed by atoms with Gasteiger partial charge in [0.25, 0.3) is 0 Å². The Hall–Kier alpha value is -1.10. The fraction of sp³-hybridized carbons (Fsp3) is 0.833. The van der Waals surface area contributed by atoms with E-state index in [9.17, 15) is 9.59 Å². The molecule has 1 amide bonds. The minimum atomic E-state index is -0.197. The van der Waals surface area contributed by atoms with E-state index in [4.69, 9.17) is 4.74 Å². The van der Waals surface area contributed by atoms with Crippen LogP contribution in [-0.2, 0) is 14.3 Å². The molecule has 0 bridgehead atoms. The second-order valence-electron chi connectivity index (χ2n) is 4.20. The number of amides is 1. The van der Waals surface area contributed by atoms with Crippen LogP contribution in [0.1, 0.15) is 39.0 Å². The molecule has 1 aliphatic rings. The van der Waals surface area contributed by atoms with Crippen LogP contribution in [0.25, 0.3) is 0 Å². The molecule has 0 radical (unpaired) electrons. The zero-order valence-corrected chi connectivity index (χ0v) is 10.5. The predicted octanol–water partition coefficient (Wildman–Crippen LogP) is 0.588. The van der Waals surface area contributed by atoms with Gasteiger partial charge in [-0.05, 0) is 32.7 Å². The van der Waals surface area contributed by atoms with Gasteiger partial charge in [0.2, 0.25) is 5.91 Å². The normalized spacial score (nSPS) is 19.7. The average molecular weight is 242 g/mol. The van der Waals surface area contributed by atoms with E-state index >= 15 is 0 Å². The maximum absolute atomic E-state index is 11.7. The molecule has 1 rings (SSSR count). The van der Waals surface area contributed by atoms with Crippen LogP contribution in [0.5, 0.6) is 0 Å². The van der Waals surface area contributed by atoms with Crippen molar-refractivity contribution in [3.8, 4) is 0 Å². The summed E-state index contributed by atoms with van der Waals surface area (Å²) in [5.74, 6) is -0.147. The van der Waals surface area contributed by atoms with E-state index in [2.05, 4.69) is 10.6 Å². The monoisotopic (exact) mass is 242 g/mol. The van der Waals surface area contributed by atoms with Crippen molar-refractivity contribution < 1.29 is 14.3 Å². The number of nitrogens with one attached hydrogen (secondary N) is 2. The summed E-state index contributed by atoms with van der Waals surface area (Å²) in [6.07, 6.45) is 4.16. The minimum Gasteiger partial charge on any atom is -0.466 e. The number of carbonyl (C=O) groups is 2. The molecule has 5 nitrogen and oxygen atoms in total. The molecular weight excluding hydrogens is 220 g/mol. The van der Waals surface area contributed by atoms with Crippen molar-refractivity contribution >= 4 is 11.9 Å². The van der Waals surface area contributed by atoms with E-state index in [-0.39, 0.29) is 17.9 Å². The summed E-state index contributed by atoms with van der Waals surface area (Å²) in [4.78, 5) is 22.7. The van der Waals surface area contributed by atoms with Crippen molar-refractivity contribution in [3.63, 3.8) is 0 Å². The largest absolute Gasteiger partial charge is 0.466 e. The maximum Gasteiger partial charge on any atom is 0.305 e. The number of ether oxygens (including phenoxy) is 1. The number of hydrogen-bond donors (Lipinski definition) is 2. The number of carbonyl (C=O) groups excluding carboxylic acids is 2. The van der Waals surface area contributed by atoms with E-state index in [1.165, 1.54) is 0 Å². The van der Waals surface area contributed by atoms with Crippen LogP contribution in [0.3, 0.4) is 0 Å². The fourth-order valence-electron chi connectivity index (χ4n) is 1.88. The summed E-state index contributed by atoms with van der Waals surface area (Å²) in [6.45, 7) is 3.66. The van der Waals surface area contributed by atoms with Crippen LogP contribution >= 0.6 is 0 Å². The molecule has 0 saturated carbocycles. The fourth-order valence-corrected chi connectivity index (χ4v) is 1.88. The second kappa shape index (κ2) is 8.06. The summed E-state index contributed by atoms with van der Waals surface area (Å²) >= 11 is 0. The molecule has 1 saturated heterocycles. The van der Waals surface area contributed by atoms with Gasteiger partial charge in [0.1, 0.15) is 0 Å². The Bertz CT molecular complexity index is 250. The third-order valence-corrected chi connectivity index (χ3v) is 2.79. The summed E-state index contributed by atoms with van der Waals surface area (Å²) in [7, 11) is 0. The lowest BCUT2D eigenvalue weighted by Gasteiger charge is -2.22. The van der Waals surface area contributed by atoms with Gasteiger partial charge in [-0.2, -0.15) is 0 Å². The topological polar surface area (TPSA) is 67.4 Å². The van der Waals surface area contributed by atoms with Gasteiger partial charge in [0.15, 0.2) is 0 Å². The summed E-state index contributed by atoms with van der Waals surface area (Å²) < 4.78 is 4.80. The molecular formula is C12H22N2O3. The lowest BCUT2D eigenvalue weighted by atomic mass is 10.0. The molecule has 0 aromatic carbocycles. The van der Waals surface area contributed by atoms with E-state index in [1.807, 2.05) is 0 Å². The minimum absolute atomic E-state index is 0.0496. The van der Waals surface area contributed by atoms with E-state index in [0.29, 0.717) is 26.0 Å². The van der Waals surface area contributed by atoms with Gasteiger partial charge in [-0.15, -0.1) is 0 Å². The lowest BCUT2D eigenvalue weighted by molar-refractivity contribution is -0.143. The number of hydrogen-bond acceptors (Lipinski definition) is 4. The molecule has 1 aliphatic heterocycles.